The lowest BCUT2D eigenvalue weighted by Gasteiger charge is -2.07. The van der Waals surface area contributed by atoms with Gasteiger partial charge < -0.3 is 10.6 Å². The summed E-state index contributed by atoms with van der Waals surface area (Å²) < 4.78 is 1.81. The van der Waals surface area contributed by atoms with Gasteiger partial charge in [0.1, 0.15) is 0 Å². The smallest absolute Gasteiger partial charge is 0.224 e. The van der Waals surface area contributed by atoms with Gasteiger partial charge in [0.2, 0.25) is 5.91 Å². The van der Waals surface area contributed by atoms with E-state index in [2.05, 4.69) is 20.7 Å². The van der Waals surface area contributed by atoms with Crippen molar-refractivity contribution in [3.8, 4) is 0 Å². The Morgan fingerprint density at radius 2 is 2.12 bits per heavy atom. The summed E-state index contributed by atoms with van der Waals surface area (Å²) in [6, 6.07) is 3.91. The van der Waals surface area contributed by atoms with E-state index in [0.29, 0.717) is 18.9 Å². The molecule has 0 saturated carbocycles. The number of rotatable bonds is 6. The molecule has 132 valence electrons. The van der Waals surface area contributed by atoms with Crippen LogP contribution in [0.25, 0.3) is 0 Å². The minimum absolute atomic E-state index is 0. The summed E-state index contributed by atoms with van der Waals surface area (Å²) in [5, 5.41) is 10.5. The average Bonchev–Trinajstić information content (AvgIpc) is 3.18. The molecule has 0 aliphatic carbocycles. The van der Waals surface area contributed by atoms with Crippen LogP contribution in [0.1, 0.15) is 24.8 Å². The molecule has 0 aromatic carbocycles. The topological polar surface area (TPSA) is 71.8 Å². The summed E-state index contributed by atoms with van der Waals surface area (Å²) >= 11 is 0. The Balaban J connectivity index is 0.00000144. The molecule has 3 heterocycles. The zero-order valence-electron chi connectivity index (χ0n) is 13.4. The molecule has 2 aromatic rings. The number of anilines is 1. The predicted octanol–water partition coefficient (Wildman–Crippen LogP) is 2.50. The molecule has 1 unspecified atom stereocenters. The Morgan fingerprint density at radius 1 is 1.33 bits per heavy atom. The van der Waals surface area contributed by atoms with Crippen LogP contribution in [0.5, 0.6) is 0 Å². The maximum Gasteiger partial charge on any atom is 0.224 e. The van der Waals surface area contributed by atoms with Crippen molar-refractivity contribution < 1.29 is 4.79 Å². The molecular formula is C16H23Cl2N5O. The van der Waals surface area contributed by atoms with Crippen LogP contribution in [0.2, 0.25) is 0 Å². The van der Waals surface area contributed by atoms with E-state index in [1.807, 2.05) is 23.0 Å². The molecule has 3 rings (SSSR count). The van der Waals surface area contributed by atoms with Crippen molar-refractivity contribution in [3.05, 3.63) is 42.5 Å². The van der Waals surface area contributed by atoms with Crippen molar-refractivity contribution in [2.45, 2.75) is 25.8 Å². The molecule has 8 heteroatoms. The summed E-state index contributed by atoms with van der Waals surface area (Å²) in [6.07, 6.45) is 9.77. The second kappa shape index (κ2) is 10.3. The van der Waals surface area contributed by atoms with Crippen molar-refractivity contribution in [2.75, 3.05) is 18.4 Å². The third-order valence-electron chi connectivity index (χ3n) is 3.95. The quantitative estimate of drug-likeness (QED) is 0.817. The molecule has 0 spiro atoms. The van der Waals surface area contributed by atoms with Crippen molar-refractivity contribution >= 4 is 36.4 Å². The summed E-state index contributed by atoms with van der Waals surface area (Å²) in [7, 11) is 0. The highest BCUT2D eigenvalue weighted by molar-refractivity contribution is 5.90. The zero-order valence-corrected chi connectivity index (χ0v) is 15.0. The van der Waals surface area contributed by atoms with E-state index in [-0.39, 0.29) is 30.7 Å². The second-order valence-electron chi connectivity index (χ2n) is 5.73. The van der Waals surface area contributed by atoms with E-state index < -0.39 is 0 Å². The van der Waals surface area contributed by atoms with E-state index in [9.17, 15) is 4.79 Å². The third-order valence-corrected chi connectivity index (χ3v) is 3.95. The van der Waals surface area contributed by atoms with Gasteiger partial charge in [-0.05, 0) is 49.5 Å². The van der Waals surface area contributed by atoms with E-state index in [4.69, 9.17) is 0 Å². The Bertz CT molecular complexity index is 614. The Hall–Kier alpha value is -1.63. The highest BCUT2D eigenvalue weighted by Gasteiger charge is 2.15. The van der Waals surface area contributed by atoms with Crippen LogP contribution in [-0.4, -0.2) is 33.8 Å². The second-order valence-corrected chi connectivity index (χ2v) is 5.73. The highest BCUT2D eigenvalue weighted by Crippen LogP contribution is 2.15. The fourth-order valence-corrected chi connectivity index (χ4v) is 2.71. The lowest BCUT2D eigenvalue weighted by Crippen LogP contribution is -2.14. The maximum atomic E-state index is 12.0. The summed E-state index contributed by atoms with van der Waals surface area (Å²) in [4.78, 5) is 16.0. The standard InChI is InChI=1S/C16H21N5O.2ClH/c22-16(2-1-13-3-8-18-9-13)20-15-10-19-21(12-15)11-14-4-6-17-7-5-14;;/h4-7,10,12-13,18H,1-3,8-9,11H2,(H,20,22);2*1H. The maximum absolute atomic E-state index is 12.0. The molecule has 1 aliphatic rings. The molecule has 1 fully saturated rings. The molecule has 24 heavy (non-hydrogen) atoms. The molecule has 6 nitrogen and oxygen atoms in total. The number of nitrogens with zero attached hydrogens (tertiary/aromatic N) is 3. The van der Waals surface area contributed by atoms with Gasteiger partial charge in [0.15, 0.2) is 0 Å². The fraction of sp³-hybridized carbons (Fsp3) is 0.438. The molecule has 0 bridgehead atoms. The Labute approximate surface area is 154 Å². The van der Waals surface area contributed by atoms with Crippen molar-refractivity contribution in [1.29, 1.82) is 0 Å². The van der Waals surface area contributed by atoms with E-state index in [1.165, 1.54) is 6.42 Å². The number of halogens is 2. The van der Waals surface area contributed by atoms with Crippen molar-refractivity contribution in [1.82, 2.24) is 20.1 Å². The van der Waals surface area contributed by atoms with Crippen molar-refractivity contribution in [2.24, 2.45) is 5.92 Å². The van der Waals surface area contributed by atoms with Gasteiger partial charge in [0.05, 0.1) is 18.4 Å². The van der Waals surface area contributed by atoms with Gasteiger partial charge in [-0.3, -0.25) is 14.5 Å². The van der Waals surface area contributed by atoms with E-state index in [1.54, 1.807) is 18.6 Å². The summed E-state index contributed by atoms with van der Waals surface area (Å²) in [6.45, 7) is 2.79. The van der Waals surface area contributed by atoms with Crippen molar-refractivity contribution in [3.63, 3.8) is 0 Å². The first-order chi connectivity index (χ1) is 10.8. The summed E-state index contributed by atoms with van der Waals surface area (Å²) in [5.41, 5.74) is 1.88. The van der Waals surface area contributed by atoms with Crippen LogP contribution < -0.4 is 10.6 Å². The number of carbonyl (C=O) groups is 1. The minimum atomic E-state index is 0. The SMILES string of the molecule is Cl.Cl.O=C(CCC1CCNC1)Nc1cnn(Cc2ccncc2)c1. The van der Waals surface area contributed by atoms with Crippen LogP contribution in [0.15, 0.2) is 36.9 Å². The van der Waals surface area contributed by atoms with Crippen LogP contribution in [0.4, 0.5) is 5.69 Å². The average molecular weight is 372 g/mol. The van der Waals surface area contributed by atoms with Crippen LogP contribution >= 0.6 is 24.8 Å². The molecule has 0 radical (unpaired) electrons. The van der Waals surface area contributed by atoms with Gasteiger partial charge in [-0.1, -0.05) is 0 Å². The monoisotopic (exact) mass is 371 g/mol. The van der Waals surface area contributed by atoms with E-state index >= 15 is 0 Å². The van der Waals surface area contributed by atoms with Gasteiger partial charge in [-0.2, -0.15) is 5.10 Å². The normalized spacial score (nSPS) is 16.1. The van der Waals surface area contributed by atoms with Gasteiger partial charge in [0.25, 0.3) is 0 Å². The largest absolute Gasteiger partial charge is 0.323 e. The van der Waals surface area contributed by atoms with Gasteiger partial charge in [-0.25, -0.2) is 0 Å². The van der Waals surface area contributed by atoms with Gasteiger partial charge in [-0.15, -0.1) is 24.8 Å². The van der Waals surface area contributed by atoms with Crippen LogP contribution in [-0.2, 0) is 11.3 Å². The molecule has 1 aliphatic heterocycles. The number of aromatic nitrogens is 3. The van der Waals surface area contributed by atoms with Crippen LogP contribution in [0, 0.1) is 5.92 Å². The molecule has 1 saturated heterocycles. The third kappa shape index (κ3) is 6.11. The molecule has 1 amide bonds. The van der Waals surface area contributed by atoms with Gasteiger partial charge >= 0.3 is 0 Å². The lowest BCUT2D eigenvalue weighted by atomic mass is 10.0. The Kier molecular flexibility index (Phi) is 8.74. The van der Waals surface area contributed by atoms with Gasteiger partial charge in [0, 0.05) is 25.0 Å². The first-order valence-corrected chi connectivity index (χ1v) is 7.71. The number of hydrogen-bond acceptors (Lipinski definition) is 4. The van der Waals surface area contributed by atoms with Crippen LogP contribution in [0.3, 0.4) is 0 Å². The first kappa shape index (κ1) is 20.4. The first-order valence-electron chi connectivity index (χ1n) is 7.71. The number of hydrogen-bond donors (Lipinski definition) is 2. The lowest BCUT2D eigenvalue weighted by molar-refractivity contribution is -0.116. The molecule has 2 N–H and O–H groups in total. The number of pyridine rings is 1. The number of nitrogens with one attached hydrogen (secondary N) is 2. The Morgan fingerprint density at radius 3 is 2.83 bits per heavy atom. The zero-order chi connectivity index (χ0) is 15.2. The highest BCUT2D eigenvalue weighted by atomic mass is 35.5. The molecule has 1 atom stereocenters. The number of carbonyl (C=O) groups excluding carboxylic acids is 1. The molecular weight excluding hydrogens is 349 g/mol. The minimum Gasteiger partial charge on any atom is -0.323 e. The van der Waals surface area contributed by atoms with E-state index in [0.717, 1.165) is 30.8 Å². The number of amides is 1. The fourth-order valence-electron chi connectivity index (χ4n) is 2.71. The summed E-state index contributed by atoms with van der Waals surface area (Å²) in [5.74, 6) is 0.704. The predicted molar refractivity (Wildman–Crippen MR) is 98.9 cm³/mol. The molecule has 2 aromatic heterocycles.